The predicted octanol–water partition coefficient (Wildman–Crippen LogP) is 1.64. The molecule has 5 heteroatoms. The number of unbranched alkanes of at least 4 members (excludes halogenated alkanes) is 1. The van der Waals surface area contributed by atoms with E-state index in [-0.39, 0.29) is 5.84 Å². The molecule has 96 valence electrons. The van der Waals surface area contributed by atoms with Crippen LogP contribution in [-0.2, 0) is 7.05 Å². The molecule has 0 saturated carbocycles. The number of rotatable bonds is 6. The summed E-state index contributed by atoms with van der Waals surface area (Å²) in [6, 6.07) is 0. The zero-order valence-electron chi connectivity index (χ0n) is 11.2. The van der Waals surface area contributed by atoms with E-state index in [4.69, 9.17) is 11.1 Å². The highest BCUT2D eigenvalue weighted by atomic mass is 15.4. The number of aryl methyl sites for hydroxylation is 2. The van der Waals surface area contributed by atoms with Crippen LogP contribution >= 0.6 is 0 Å². The summed E-state index contributed by atoms with van der Waals surface area (Å²) in [5.74, 6) is 1.06. The molecular weight excluding hydrogens is 214 g/mol. The summed E-state index contributed by atoms with van der Waals surface area (Å²) in [5, 5.41) is 12.0. The summed E-state index contributed by atoms with van der Waals surface area (Å²) in [5.41, 5.74) is 7.25. The van der Waals surface area contributed by atoms with Gasteiger partial charge >= 0.3 is 0 Å². The third-order valence-electron chi connectivity index (χ3n) is 2.92. The van der Waals surface area contributed by atoms with E-state index in [1.165, 1.54) is 0 Å². The van der Waals surface area contributed by atoms with E-state index in [0.717, 1.165) is 43.0 Å². The van der Waals surface area contributed by atoms with Gasteiger partial charge in [0.05, 0.1) is 11.3 Å². The van der Waals surface area contributed by atoms with Crippen LogP contribution in [0.3, 0.4) is 0 Å². The van der Waals surface area contributed by atoms with Gasteiger partial charge in [0.15, 0.2) is 0 Å². The molecule has 0 radical (unpaired) electrons. The number of nitrogens with two attached hydrogens (primary N) is 1. The van der Waals surface area contributed by atoms with E-state index in [2.05, 4.69) is 23.8 Å². The zero-order chi connectivity index (χ0) is 13.0. The maximum atomic E-state index is 7.67. The van der Waals surface area contributed by atoms with E-state index in [0.29, 0.717) is 0 Å². The molecule has 0 aliphatic rings. The maximum absolute atomic E-state index is 7.67. The van der Waals surface area contributed by atoms with Crippen LogP contribution in [0.1, 0.15) is 37.9 Å². The van der Waals surface area contributed by atoms with Crippen LogP contribution in [0.15, 0.2) is 0 Å². The summed E-state index contributed by atoms with van der Waals surface area (Å²) >= 11 is 0. The fourth-order valence-electron chi connectivity index (χ4n) is 2.09. The lowest BCUT2D eigenvalue weighted by Gasteiger charge is -2.24. The molecule has 0 saturated heterocycles. The molecule has 17 heavy (non-hydrogen) atoms. The van der Waals surface area contributed by atoms with Crippen molar-refractivity contribution in [2.75, 3.05) is 18.0 Å². The highest BCUT2D eigenvalue weighted by Crippen LogP contribution is 2.22. The van der Waals surface area contributed by atoms with Gasteiger partial charge in [-0.2, -0.15) is 5.10 Å². The summed E-state index contributed by atoms with van der Waals surface area (Å²) < 4.78 is 1.82. The molecule has 0 bridgehead atoms. The molecule has 1 heterocycles. The minimum atomic E-state index is 0.0977. The van der Waals surface area contributed by atoms with Crippen LogP contribution in [-0.4, -0.2) is 28.7 Å². The fourth-order valence-corrected chi connectivity index (χ4v) is 2.09. The van der Waals surface area contributed by atoms with Crippen LogP contribution in [0.4, 0.5) is 5.82 Å². The molecule has 1 aromatic rings. The Bertz CT molecular complexity index is 394. The molecule has 0 amide bonds. The van der Waals surface area contributed by atoms with Crippen molar-refractivity contribution in [1.82, 2.24) is 9.78 Å². The standard InChI is InChI=1S/C12H23N5/c1-5-7-8-17(6-2)12-10(11(13)14)9(3)15-16(12)4/h5-8H2,1-4H3,(H3,13,14). The van der Waals surface area contributed by atoms with E-state index in [9.17, 15) is 0 Å². The van der Waals surface area contributed by atoms with Crippen molar-refractivity contribution in [2.45, 2.75) is 33.6 Å². The smallest absolute Gasteiger partial charge is 0.137 e. The van der Waals surface area contributed by atoms with Gasteiger partial charge < -0.3 is 10.6 Å². The second-order valence-corrected chi connectivity index (χ2v) is 4.25. The average molecular weight is 237 g/mol. The lowest BCUT2D eigenvalue weighted by atomic mass is 10.2. The average Bonchev–Trinajstić information content (AvgIpc) is 2.55. The Kier molecular flexibility index (Phi) is 4.54. The van der Waals surface area contributed by atoms with Gasteiger partial charge in [0.2, 0.25) is 0 Å². The van der Waals surface area contributed by atoms with Gasteiger partial charge in [-0.3, -0.25) is 10.1 Å². The van der Waals surface area contributed by atoms with Crippen LogP contribution in [0, 0.1) is 12.3 Å². The van der Waals surface area contributed by atoms with Crippen molar-refractivity contribution in [3.8, 4) is 0 Å². The van der Waals surface area contributed by atoms with Crippen molar-refractivity contribution >= 4 is 11.7 Å². The normalized spacial score (nSPS) is 10.6. The molecule has 1 rings (SSSR count). The van der Waals surface area contributed by atoms with Gasteiger partial charge in [-0.15, -0.1) is 0 Å². The summed E-state index contributed by atoms with van der Waals surface area (Å²) in [4.78, 5) is 2.24. The van der Waals surface area contributed by atoms with Gasteiger partial charge in [-0.05, 0) is 20.3 Å². The Balaban J connectivity index is 3.13. The van der Waals surface area contributed by atoms with Crippen LogP contribution in [0.5, 0.6) is 0 Å². The minimum absolute atomic E-state index is 0.0977. The Hall–Kier alpha value is -1.52. The van der Waals surface area contributed by atoms with Gasteiger partial charge in [0.25, 0.3) is 0 Å². The van der Waals surface area contributed by atoms with Crippen LogP contribution in [0.25, 0.3) is 0 Å². The Morgan fingerprint density at radius 1 is 1.47 bits per heavy atom. The predicted molar refractivity (Wildman–Crippen MR) is 71.8 cm³/mol. The molecule has 0 aliphatic carbocycles. The zero-order valence-corrected chi connectivity index (χ0v) is 11.2. The number of nitrogens with zero attached hydrogens (tertiary/aromatic N) is 3. The molecule has 0 atom stereocenters. The number of nitrogen functional groups attached to an aromatic ring is 1. The minimum Gasteiger partial charge on any atom is -0.384 e. The lowest BCUT2D eigenvalue weighted by molar-refractivity contribution is 0.677. The molecule has 5 nitrogen and oxygen atoms in total. The number of anilines is 1. The summed E-state index contributed by atoms with van der Waals surface area (Å²) in [6.07, 6.45) is 2.29. The van der Waals surface area contributed by atoms with E-state index < -0.39 is 0 Å². The first-order valence-electron chi connectivity index (χ1n) is 6.15. The van der Waals surface area contributed by atoms with Crippen molar-refractivity contribution in [2.24, 2.45) is 12.8 Å². The van der Waals surface area contributed by atoms with Gasteiger partial charge in [0.1, 0.15) is 11.7 Å². The first kappa shape index (κ1) is 13.5. The monoisotopic (exact) mass is 237 g/mol. The Morgan fingerprint density at radius 3 is 2.59 bits per heavy atom. The second-order valence-electron chi connectivity index (χ2n) is 4.25. The first-order chi connectivity index (χ1) is 8.02. The third kappa shape index (κ3) is 2.78. The SMILES string of the molecule is CCCCN(CC)c1c(C(=N)N)c(C)nn1C. The van der Waals surface area contributed by atoms with Crippen LogP contribution in [0.2, 0.25) is 0 Å². The molecule has 0 unspecified atom stereocenters. The highest BCUT2D eigenvalue weighted by molar-refractivity contribution is 6.00. The maximum Gasteiger partial charge on any atom is 0.137 e. The quantitative estimate of drug-likeness (QED) is 0.583. The molecule has 0 fully saturated rings. The molecule has 1 aromatic heterocycles. The molecule has 0 aromatic carbocycles. The number of nitrogens with one attached hydrogen (secondary N) is 1. The van der Waals surface area contributed by atoms with Crippen molar-refractivity contribution < 1.29 is 0 Å². The third-order valence-corrected chi connectivity index (χ3v) is 2.92. The fraction of sp³-hybridized carbons (Fsp3) is 0.667. The molecule has 3 N–H and O–H groups in total. The Labute approximate surface area is 103 Å². The largest absolute Gasteiger partial charge is 0.384 e. The molecule has 0 spiro atoms. The van der Waals surface area contributed by atoms with Gasteiger partial charge in [-0.25, -0.2) is 0 Å². The first-order valence-corrected chi connectivity index (χ1v) is 6.15. The van der Waals surface area contributed by atoms with E-state index >= 15 is 0 Å². The second kappa shape index (κ2) is 5.70. The molecule has 0 aliphatic heterocycles. The van der Waals surface area contributed by atoms with Gasteiger partial charge in [0, 0.05) is 20.1 Å². The topological polar surface area (TPSA) is 70.9 Å². The van der Waals surface area contributed by atoms with E-state index in [1.807, 2.05) is 18.7 Å². The van der Waals surface area contributed by atoms with Gasteiger partial charge in [-0.1, -0.05) is 13.3 Å². The number of hydrogen-bond donors (Lipinski definition) is 2. The Morgan fingerprint density at radius 2 is 2.12 bits per heavy atom. The van der Waals surface area contributed by atoms with Crippen molar-refractivity contribution in [1.29, 1.82) is 5.41 Å². The van der Waals surface area contributed by atoms with Crippen molar-refractivity contribution in [3.63, 3.8) is 0 Å². The summed E-state index contributed by atoms with van der Waals surface area (Å²) in [7, 11) is 1.91. The molecular formula is C12H23N5. The van der Waals surface area contributed by atoms with Crippen molar-refractivity contribution in [3.05, 3.63) is 11.3 Å². The van der Waals surface area contributed by atoms with E-state index in [1.54, 1.807) is 0 Å². The number of hydrogen-bond acceptors (Lipinski definition) is 3. The lowest BCUT2D eigenvalue weighted by Crippen LogP contribution is -2.28. The number of aromatic nitrogens is 2. The number of amidine groups is 1. The van der Waals surface area contributed by atoms with Crippen LogP contribution < -0.4 is 10.6 Å². The summed E-state index contributed by atoms with van der Waals surface area (Å²) in [6.45, 7) is 8.07. The highest BCUT2D eigenvalue weighted by Gasteiger charge is 2.19.